The van der Waals surface area contributed by atoms with Crippen LogP contribution in [0.3, 0.4) is 0 Å². The van der Waals surface area contributed by atoms with Gasteiger partial charge in [0.1, 0.15) is 0 Å². The van der Waals surface area contributed by atoms with Crippen molar-refractivity contribution in [3.05, 3.63) is 60.7 Å². The predicted octanol–water partition coefficient (Wildman–Crippen LogP) is 3.75. The third-order valence-corrected chi connectivity index (χ3v) is 10.4. The molecule has 0 radical (unpaired) electrons. The quantitative estimate of drug-likeness (QED) is 0.450. The zero-order valence-corrected chi connectivity index (χ0v) is 19.2. The molecule has 0 spiro atoms. The van der Waals surface area contributed by atoms with Crippen LogP contribution < -0.4 is 10.4 Å². The van der Waals surface area contributed by atoms with Crippen LogP contribution >= 0.6 is 0 Å². The first-order valence-electron chi connectivity index (χ1n) is 10.4. The maximum atomic E-state index is 10.7. The number of hydrogen-bond donors (Lipinski definition) is 1. The Labute approximate surface area is 176 Å². The minimum Gasteiger partial charge on any atom is -0.481 e. The van der Waals surface area contributed by atoms with Gasteiger partial charge in [0.25, 0.3) is 8.32 Å². The molecule has 0 amide bonds. The van der Waals surface area contributed by atoms with Crippen molar-refractivity contribution in [3.8, 4) is 0 Å². The molecular weight excluding hydrogens is 378 g/mol. The number of rotatable bonds is 11. The predicted molar refractivity (Wildman–Crippen MR) is 123 cm³/mol. The molecule has 5 heteroatoms. The Morgan fingerprint density at radius 3 is 1.86 bits per heavy atom. The van der Waals surface area contributed by atoms with E-state index in [2.05, 4.69) is 86.3 Å². The number of carbonyl (C=O) groups is 1. The zero-order chi connectivity index (χ0) is 21.3. The van der Waals surface area contributed by atoms with Gasteiger partial charge in [-0.05, 0) is 48.4 Å². The van der Waals surface area contributed by atoms with E-state index in [-0.39, 0.29) is 11.5 Å². The monoisotopic (exact) mass is 413 g/mol. The molecule has 0 aliphatic carbocycles. The van der Waals surface area contributed by atoms with E-state index < -0.39 is 14.3 Å². The highest BCUT2D eigenvalue weighted by molar-refractivity contribution is 6.99. The summed E-state index contributed by atoms with van der Waals surface area (Å²) in [6.07, 6.45) is 1.83. The summed E-state index contributed by atoms with van der Waals surface area (Å²) in [4.78, 5) is 12.9. The molecule has 0 unspecified atom stereocenters. The highest BCUT2D eigenvalue weighted by Gasteiger charge is 2.49. The van der Waals surface area contributed by atoms with E-state index in [1.807, 2.05) is 7.05 Å². The van der Waals surface area contributed by atoms with E-state index in [0.29, 0.717) is 13.0 Å². The zero-order valence-electron chi connectivity index (χ0n) is 18.2. The lowest BCUT2D eigenvalue weighted by molar-refractivity contribution is -0.137. The molecule has 0 atom stereocenters. The van der Waals surface area contributed by atoms with Crippen LogP contribution in [0.15, 0.2) is 60.7 Å². The van der Waals surface area contributed by atoms with Crippen LogP contribution in [0.2, 0.25) is 5.04 Å². The summed E-state index contributed by atoms with van der Waals surface area (Å²) in [5.41, 5.74) is 0. The first-order valence-corrected chi connectivity index (χ1v) is 12.3. The molecule has 2 aromatic carbocycles. The number of hydrogen-bond acceptors (Lipinski definition) is 3. The minimum absolute atomic E-state index is 0.0108. The molecule has 1 N–H and O–H groups in total. The lowest BCUT2D eigenvalue weighted by atomic mass is 10.2. The van der Waals surface area contributed by atoms with Crippen LogP contribution in [-0.4, -0.2) is 51.0 Å². The Bertz CT molecular complexity index is 704. The van der Waals surface area contributed by atoms with Crippen LogP contribution in [0.25, 0.3) is 0 Å². The number of benzene rings is 2. The van der Waals surface area contributed by atoms with E-state index in [0.717, 1.165) is 19.5 Å². The molecule has 0 heterocycles. The van der Waals surface area contributed by atoms with E-state index in [4.69, 9.17) is 9.53 Å². The van der Waals surface area contributed by atoms with Gasteiger partial charge in [0.2, 0.25) is 0 Å². The molecule has 0 aromatic heterocycles. The van der Waals surface area contributed by atoms with Crippen molar-refractivity contribution in [1.29, 1.82) is 0 Å². The highest BCUT2D eigenvalue weighted by Crippen LogP contribution is 2.36. The van der Waals surface area contributed by atoms with Crippen molar-refractivity contribution in [2.45, 2.75) is 45.1 Å². The molecular formula is C24H35NO3Si. The molecule has 0 fully saturated rings. The van der Waals surface area contributed by atoms with Crippen LogP contribution in [0.4, 0.5) is 0 Å². The van der Waals surface area contributed by atoms with Crippen LogP contribution in [0.1, 0.15) is 40.0 Å². The first-order chi connectivity index (χ1) is 13.8. The summed E-state index contributed by atoms with van der Waals surface area (Å²) in [6.45, 7) is 9.26. The van der Waals surface area contributed by atoms with Gasteiger partial charge in [0.15, 0.2) is 0 Å². The largest absolute Gasteiger partial charge is 0.481 e. The Kier molecular flexibility index (Phi) is 8.62. The van der Waals surface area contributed by atoms with Crippen LogP contribution in [0, 0.1) is 0 Å². The summed E-state index contributed by atoms with van der Waals surface area (Å²) in [6, 6.07) is 21.4. The van der Waals surface area contributed by atoms with E-state index in [1.54, 1.807) is 0 Å². The molecule has 29 heavy (non-hydrogen) atoms. The fourth-order valence-electron chi connectivity index (χ4n) is 3.93. The fraction of sp³-hybridized carbons (Fsp3) is 0.458. The third kappa shape index (κ3) is 6.26. The average molecular weight is 414 g/mol. The Hall–Kier alpha value is -1.95. The Balaban J connectivity index is 2.14. The van der Waals surface area contributed by atoms with Crippen LogP contribution in [-0.2, 0) is 9.22 Å². The van der Waals surface area contributed by atoms with Crippen molar-refractivity contribution in [2.24, 2.45) is 0 Å². The first kappa shape index (κ1) is 23.3. The summed E-state index contributed by atoms with van der Waals surface area (Å²) >= 11 is 0. The molecule has 0 saturated heterocycles. The third-order valence-electron chi connectivity index (χ3n) is 5.35. The van der Waals surface area contributed by atoms with Gasteiger partial charge in [-0.1, -0.05) is 81.4 Å². The second-order valence-corrected chi connectivity index (χ2v) is 13.0. The molecule has 0 aliphatic heterocycles. The van der Waals surface area contributed by atoms with Crippen molar-refractivity contribution < 1.29 is 14.3 Å². The van der Waals surface area contributed by atoms with Crippen LogP contribution in [0.5, 0.6) is 0 Å². The van der Waals surface area contributed by atoms with E-state index in [9.17, 15) is 4.79 Å². The maximum Gasteiger partial charge on any atom is 0.303 e. The van der Waals surface area contributed by atoms with Gasteiger partial charge in [0, 0.05) is 13.0 Å². The standard InChI is InChI=1S/C24H35NO3Si/c1-24(2,3)29(21-13-7-5-8-14-21,22-15-9-6-10-16-22)28-20-12-19-25(4)18-11-17-23(26)27/h5-10,13-16H,11-12,17-20H2,1-4H3,(H,26,27). The molecule has 0 bridgehead atoms. The highest BCUT2D eigenvalue weighted by atomic mass is 28.4. The number of aliphatic carboxylic acids is 1. The number of nitrogens with zero attached hydrogens (tertiary/aromatic N) is 1. The summed E-state index contributed by atoms with van der Waals surface area (Å²) in [5.74, 6) is -0.728. The normalized spacial score (nSPS) is 12.3. The van der Waals surface area contributed by atoms with Gasteiger partial charge in [-0.25, -0.2) is 0 Å². The van der Waals surface area contributed by atoms with Crippen molar-refractivity contribution >= 4 is 24.7 Å². The summed E-state index contributed by atoms with van der Waals surface area (Å²) < 4.78 is 6.88. The molecule has 4 nitrogen and oxygen atoms in total. The lowest BCUT2D eigenvalue weighted by Gasteiger charge is -2.43. The van der Waals surface area contributed by atoms with Gasteiger partial charge >= 0.3 is 5.97 Å². The second kappa shape index (κ2) is 10.7. The summed E-state index contributed by atoms with van der Waals surface area (Å²) in [7, 11) is -0.412. The van der Waals surface area contributed by atoms with Gasteiger partial charge in [-0.3, -0.25) is 4.79 Å². The number of carboxylic acids is 1. The molecule has 158 valence electrons. The summed E-state index contributed by atoms with van der Waals surface area (Å²) in [5, 5.41) is 11.4. The van der Waals surface area contributed by atoms with Crippen molar-refractivity contribution in [2.75, 3.05) is 26.7 Å². The Morgan fingerprint density at radius 1 is 0.931 bits per heavy atom. The molecule has 0 saturated carbocycles. The van der Waals surface area contributed by atoms with Gasteiger partial charge in [0.05, 0.1) is 0 Å². The molecule has 2 aromatic rings. The van der Waals surface area contributed by atoms with Crippen molar-refractivity contribution in [1.82, 2.24) is 4.90 Å². The average Bonchev–Trinajstić information content (AvgIpc) is 2.68. The van der Waals surface area contributed by atoms with Crippen molar-refractivity contribution in [3.63, 3.8) is 0 Å². The fourth-order valence-corrected chi connectivity index (χ4v) is 8.54. The lowest BCUT2D eigenvalue weighted by Crippen LogP contribution is -2.66. The van der Waals surface area contributed by atoms with Gasteiger partial charge < -0.3 is 14.4 Å². The molecule has 0 aliphatic rings. The second-order valence-electron chi connectivity index (χ2n) is 8.67. The molecule has 2 rings (SSSR count). The van der Waals surface area contributed by atoms with E-state index in [1.165, 1.54) is 10.4 Å². The van der Waals surface area contributed by atoms with Gasteiger partial charge in [-0.2, -0.15) is 0 Å². The maximum absolute atomic E-state index is 10.7. The number of carboxylic acid groups (broad SMARTS) is 1. The topological polar surface area (TPSA) is 49.8 Å². The Morgan fingerprint density at radius 2 is 1.41 bits per heavy atom. The van der Waals surface area contributed by atoms with Gasteiger partial charge in [-0.15, -0.1) is 0 Å². The minimum atomic E-state index is -2.46. The van der Waals surface area contributed by atoms with E-state index >= 15 is 0 Å². The smallest absolute Gasteiger partial charge is 0.303 e. The SMILES string of the molecule is CN(CCCO[Si](c1ccccc1)(c1ccccc1)C(C)(C)C)CCCC(=O)O.